The van der Waals surface area contributed by atoms with Crippen LogP contribution in [0.15, 0.2) is 71.9 Å². The highest BCUT2D eigenvalue weighted by molar-refractivity contribution is 7.17. The minimum Gasteiger partial charge on any atom is -0.443 e. The number of nitrogens with zero attached hydrogens (tertiary/aromatic N) is 4. The van der Waals surface area contributed by atoms with Crippen molar-refractivity contribution in [3.8, 4) is 10.6 Å². The third-order valence-electron chi connectivity index (χ3n) is 5.11. The van der Waals surface area contributed by atoms with E-state index >= 15 is 0 Å². The zero-order valence-corrected chi connectivity index (χ0v) is 18.1. The van der Waals surface area contributed by atoms with Crippen LogP contribution in [0.5, 0.6) is 0 Å². The van der Waals surface area contributed by atoms with Crippen molar-refractivity contribution >= 4 is 39.9 Å². The Bertz CT molecular complexity index is 1360. The summed E-state index contributed by atoms with van der Waals surface area (Å²) in [7, 11) is 1.87. The van der Waals surface area contributed by atoms with Gasteiger partial charge in [0.25, 0.3) is 5.91 Å². The molecule has 9 heteroatoms. The molecule has 0 unspecified atom stereocenters. The molecular weight excluding hydrogens is 424 g/mol. The third kappa shape index (κ3) is 3.97. The van der Waals surface area contributed by atoms with Crippen molar-refractivity contribution in [1.82, 2.24) is 19.5 Å². The molecule has 160 valence electrons. The lowest BCUT2D eigenvalue weighted by atomic mass is 10.2. The molecule has 4 heterocycles. The summed E-state index contributed by atoms with van der Waals surface area (Å²) in [4.78, 5) is 27.2. The van der Waals surface area contributed by atoms with E-state index in [0.29, 0.717) is 23.1 Å². The van der Waals surface area contributed by atoms with Crippen LogP contribution in [-0.2, 0) is 13.0 Å². The monoisotopic (exact) mass is 444 g/mol. The van der Waals surface area contributed by atoms with Crippen molar-refractivity contribution in [1.29, 1.82) is 0 Å². The molecule has 0 atom stereocenters. The Morgan fingerprint density at radius 3 is 2.88 bits per heavy atom. The molecule has 0 saturated heterocycles. The van der Waals surface area contributed by atoms with Crippen LogP contribution in [0.3, 0.4) is 0 Å². The molecule has 0 saturated carbocycles. The zero-order chi connectivity index (χ0) is 21.9. The molecule has 1 aromatic carbocycles. The number of aryl methyl sites for hydroxylation is 2. The van der Waals surface area contributed by atoms with E-state index in [0.717, 1.165) is 33.6 Å². The van der Waals surface area contributed by atoms with Gasteiger partial charge in [-0.1, -0.05) is 6.07 Å². The first-order chi connectivity index (χ1) is 15.7. The number of carbonyl (C=O) groups is 1. The number of hydrogen-bond acceptors (Lipinski definition) is 7. The maximum absolute atomic E-state index is 13.0. The van der Waals surface area contributed by atoms with Gasteiger partial charge in [0.1, 0.15) is 0 Å². The van der Waals surface area contributed by atoms with Gasteiger partial charge in [-0.05, 0) is 48.4 Å². The molecule has 0 aliphatic rings. The maximum Gasteiger partial charge on any atom is 0.268 e. The molecule has 0 aliphatic heterocycles. The van der Waals surface area contributed by atoms with Crippen LogP contribution in [0.25, 0.3) is 21.7 Å². The van der Waals surface area contributed by atoms with E-state index in [1.165, 1.54) is 17.7 Å². The van der Waals surface area contributed by atoms with Gasteiger partial charge < -0.3 is 14.3 Å². The molecule has 4 aromatic heterocycles. The van der Waals surface area contributed by atoms with E-state index in [2.05, 4.69) is 20.6 Å². The second kappa shape index (κ2) is 8.64. The molecule has 5 aromatic rings. The predicted molar refractivity (Wildman–Crippen MR) is 125 cm³/mol. The highest BCUT2D eigenvalue weighted by atomic mass is 32.1. The first kappa shape index (κ1) is 20.0. The second-order valence-electron chi connectivity index (χ2n) is 7.14. The van der Waals surface area contributed by atoms with E-state index in [-0.39, 0.29) is 5.91 Å². The highest BCUT2D eigenvalue weighted by Gasteiger charge is 2.17. The van der Waals surface area contributed by atoms with E-state index in [1.54, 1.807) is 18.5 Å². The number of anilines is 2. The summed E-state index contributed by atoms with van der Waals surface area (Å²) in [5, 5.41) is 6.12. The van der Waals surface area contributed by atoms with Crippen molar-refractivity contribution < 1.29 is 9.21 Å². The van der Waals surface area contributed by atoms with Gasteiger partial charge in [0, 0.05) is 31.7 Å². The minimum absolute atomic E-state index is 0.215. The smallest absolute Gasteiger partial charge is 0.268 e. The molecule has 0 spiro atoms. The average molecular weight is 445 g/mol. The van der Waals surface area contributed by atoms with Crippen LogP contribution in [0, 0.1) is 0 Å². The summed E-state index contributed by atoms with van der Waals surface area (Å²) < 4.78 is 7.36. The molecule has 0 radical (unpaired) electrons. The van der Waals surface area contributed by atoms with Crippen LogP contribution in [0.2, 0.25) is 0 Å². The summed E-state index contributed by atoms with van der Waals surface area (Å²) in [5.41, 5.74) is 3.85. The van der Waals surface area contributed by atoms with Crippen LogP contribution in [0.4, 0.5) is 11.6 Å². The Morgan fingerprint density at radius 2 is 2.09 bits per heavy atom. The summed E-state index contributed by atoms with van der Waals surface area (Å²) in [6.07, 6.45) is 7.39. The number of imidazole rings is 1. The molecule has 5 rings (SSSR count). The summed E-state index contributed by atoms with van der Waals surface area (Å²) >= 11 is 1.35. The van der Waals surface area contributed by atoms with Gasteiger partial charge in [0.15, 0.2) is 12.2 Å². The van der Waals surface area contributed by atoms with Crippen LogP contribution >= 0.6 is 11.3 Å². The van der Waals surface area contributed by atoms with Gasteiger partial charge >= 0.3 is 0 Å². The molecule has 0 fully saturated rings. The average Bonchev–Trinajstić information content (AvgIpc) is 3.57. The van der Waals surface area contributed by atoms with Crippen LogP contribution in [-0.4, -0.2) is 32.5 Å². The van der Waals surface area contributed by atoms with Crippen molar-refractivity contribution in [2.75, 3.05) is 17.7 Å². The Kier molecular flexibility index (Phi) is 5.39. The summed E-state index contributed by atoms with van der Waals surface area (Å²) in [6, 6.07) is 13.6. The van der Waals surface area contributed by atoms with Gasteiger partial charge in [-0.3, -0.25) is 15.1 Å². The molecule has 0 bridgehead atoms. The van der Waals surface area contributed by atoms with Crippen molar-refractivity contribution in [2.24, 2.45) is 0 Å². The third-order valence-corrected chi connectivity index (χ3v) is 6.21. The number of carbonyl (C=O) groups excluding carboxylic acids is 1. The number of thiophene rings is 1. The zero-order valence-electron chi connectivity index (χ0n) is 17.3. The summed E-state index contributed by atoms with van der Waals surface area (Å²) in [6.45, 7) is 0.657. The van der Waals surface area contributed by atoms with Gasteiger partial charge in [0.05, 0.1) is 27.0 Å². The molecule has 32 heavy (non-hydrogen) atoms. The predicted octanol–water partition coefficient (Wildman–Crippen LogP) is 4.68. The largest absolute Gasteiger partial charge is 0.443 e. The number of amides is 1. The Hall–Kier alpha value is -3.98. The number of oxazole rings is 1. The number of nitrogens with one attached hydrogen (secondary N) is 2. The minimum atomic E-state index is -0.215. The molecule has 2 N–H and O–H groups in total. The van der Waals surface area contributed by atoms with Gasteiger partial charge in [-0.25, -0.2) is 9.97 Å². The fourth-order valence-electron chi connectivity index (χ4n) is 3.49. The maximum atomic E-state index is 13.0. The molecular formula is C23H20N6O2S. The summed E-state index contributed by atoms with van der Waals surface area (Å²) in [5.74, 6) is 0.932. The van der Waals surface area contributed by atoms with Crippen molar-refractivity contribution in [2.45, 2.75) is 13.0 Å². The fraction of sp³-hybridized carbons (Fsp3) is 0.130. The van der Waals surface area contributed by atoms with Gasteiger partial charge in [-0.2, -0.15) is 0 Å². The van der Waals surface area contributed by atoms with E-state index in [4.69, 9.17) is 9.40 Å². The second-order valence-corrected chi connectivity index (χ2v) is 8.22. The van der Waals surface area contributed by atoms with E-state index in [1.807, 2.05) is 54.2 Å². The first-order valence-electron chi connectivity index (χ1n) is 10.1. The fourth-order valence-corrected chi connectivity index (χ4v) is 4.34. The van der Waals surface area contributed by atoms with Crippen molar-refractivity contribution in [3.05, 3.63) is 77.9 Å². The van der Waals surface area contributed by atoms with Crippen LogP contribution < -0.4 is 10.6 Å². The van der Waals surface area contributed by atoms with Gasteiger partial charge in [-0.15, -0.1) is 11.3 Å². The first-order valence-corrected chi connectivity index (χ1v) is 10.9. The van der Waals surface area contributed by atoms with Crippen LogP contribution in [0.1, 0.15) is 15.2 Å². The molecule has 1 amide bonds. The molecule has 8 nitrogen and oxygen atoms in total. The number of fused-ring (bicyclic) bond motifs is 1. The quantitative estimate of drug-likeness (QED) is 0.378. The standard InChI is InChI=1S/C23H20N6O2S/c1-24-16-4-5-18-17(11-16)27-23(29(18)10-8-15-3-2-9-25-12-15)28-22(30)21-7-6-20(32-21)19-13-26-14-31-19/h2-7,9,11-14,24H,8,10H2,1H3,(H,27,28,30). The lowest BCUT2D eigenvalue weighted by Gasteiger charge is -2.10. The Balaban J connectivity index is 1.44. The SMILES string of the molecule is CNc1ccc2c(c1)nc(NC(=O)c1ccc(-c3cnco3)s1)n2CCc1cccnc1. The van der Waals surface area contributed by atoms with Crippen molar-refractivity contribution in [3.63, 3.8) is 0 Å². The van der Waals surface area contributed by atoms with E-state index < -0.39 is 0 Å². The highest BCUT2D eigenvalue weighted by Crippen LogP contribution is 2.29. The Morgan fingerprint density at radius 1 is 1.16 bits per heavy atom. The number of hydrogen-bond donors (Lipinski definition) is 2. The normalized spacial score (nSPS) is 11.0. The molecule has 0 aliphatic carbocycles. The van der Waals surface area contributed by atoms with E-state index in [9.17, 15) is 4.79 Å². The number of aromatic nitrogens is 4. The van der Waals surface area contributed by atoms with Gasteiger partial charge in [0.2, 0.25) is 5.95 Å². The lowest BCUT2D eigenvalue weighted by Crippen LogP contribution is -2.15. The number of pyridine rings is 1. The number of benzene rings is 1. The Labute approximate surface area is 188 Å². The topological polar surface area (TPSA) is 97.9 Å². The lowest BCUT2D eigenvalue weighted by molar-refractivity contribution is 0.102. The number of rotatable bonds is 7.